The Hall–Kier alpha value is -2.31. The van der Waals surface area contributed by atoms with E-state index >= 15 is 0 Å². The van der Waals surface area contributed by atoms with Gasteiger partial charge in [0, 0.05) is 0 Å². The molecule has 0 fully saturated rings. The Labute approximate surface area is 255 Å². The van der Waals surface area contributed by atoms with Crippen LogP contribution in [0.3, 0.4) is 0 Å². The molecule has 0 bridgehead atoms. The van der Waals surface area contributed by atoms with E-state index in [0.29, 0.717) is 0 Å². The molecule has 0 aliphatic carbocycles. The van der Waals surface area contributed by atoms with Crippen LogP contribution in [0.15, 0.2) is 0 Å². The first kappa shape index (κ1) is 188. The minimum Gasteiger partial charge on any atom is -0.512 e. The third-order valence-corrected chi connectivity index (χ3v) is 0. The summed E-state index contributed by atoms with van der Waals surface area (Å²) in [5.74, 6) is 0. The summed E-state index contributed by atoms with van der Waals surface area (Å²) < 4.78 is 0. The average molecular weight is 1050 g/mol. The van der Waals surface area contributed by atoms with Gasteiger partial charge in [-0.3, -0.25) is 0 Å². The molecule has 29 heavy (non-hydrogen) atoms. The molecule has 0 atom stereocenters. The normalized spacial score (nSPS) is 0.828. The van der Waals surface area contributed by atoms with Crippen molar-refractivity contribution in [2.45, 2.75) is 0 Å². The summed E-state index contributed by atoms with van der Waals surface area (Å²) in [6, 6.07) is 0. The van der Waals surface area contributed by atoms with Crippen LogP contribution in [0.5, 0.6) is 0 Å². The molecule has 0 aliphatic rings. The smallest absolute Gasteiger partial charge is 0.512 e. The predicted molar refractivity (Wildman–Crippen MR) is 76.9 cm³/mol. The van der Waals surface area contributed by atoms with Crippen molar-refractivity contribution >= 4 is 81.9 Å². The fourth-order valence-electron chi connectivity index (χ4n) is 0. The van der Waals surface area contributed by atoms with Crippen molar-refractivity contribution in [2.75, 3.05) is 0 Å². The van der Waals surface area contributed by atoms with Crippen molar-refractivity contribution in [3.05, 3.63) is 78.9 Å². The Morgan fingerprint density at radius 3 is 0.172 bits per heavy atom. The molecular weight excluding hydrogens is 1050 g/mol. The molecule has 17 heteroatoms. The number of hydrogen-bond donors (Lipinski definition) is 0. The zero-order valence-electron chi connectivity index (χ0n) is 13.6. The number of nitrogens with zero attached hydrogens (tertiary/aromatic N) is 12. The van der Waals surface area contributed by atoms with Crippen LogP contribution in [0.1, 0.15) is 0 Å². The molecule has 0 unspecified atom stereocenters. The minimum atomic E-state index is 0. The average Bonchev–Trinajstić information content (AvgIpc) is 2.84. The van der Waals surface area contributed by atoms with Gasteiger partial charge in [-0.05, 0) is 0 Å². The molecule has 0 aromatic heterocycles. The van der Waals surface area contributed by atoms with Gasteiger partial charge in [-0.2, -0.15) is 0 Å². The van der Waals surface area contributed by atoms with E-state index in [1.54, 1.807) is 0 Å². The summed E-state index contributed by atoms with van der Waals surface area (Å²) in [7, 11) is 0. The Morgan fingerprint density at radius 2 is 0.172 bits per heavy atom. The zero-order chi connectivity index (χ0) is 24.0. The maximum atomic E-state index is 6.25. The molecule has 8 radical (unpaired) electrons. The summed E-state index contributed by atoms with van der Waals surface area (Å²) >= 11 is 0. The monoisotopic (exact) mass is 1050 g/mol. The summed E-state index contributed by atoms with van der Waals surface area (Å²) in [6.07, 6.45) is 0. The molecular formula is C12Fe2N12Pb3. The molecule has 0 aromatic rings. The van der Waals surface area contributed by atoms with E-state index in [1.165, 1.54) is 0 Å². The third kappa shape index (κ3) is 2690. The van der Waals surface area contributed by atoms with E-state index in [-0.39, 0.29) is 116 Å². The van der Waals surface area contributed by atoms with Crippen LogP contribution >= 0.6 is 0 Å². The maximum absolute atomic E-state index is 6.25. The molecule has 0 amide bonds. The predicted octanol–water partition coefficient (Wildman–Crippen LogP) is 0.00904. The first-order valence-electron chi connectivity index (χ1n) is 2.68. The molecule has 12 nitrogen and oxygen atoms in total. The third-order valence-electron chi connectivity index (χ3n) is 0. The molecule has 0 saturated heterocycles. The van der Waals surface area contributed by atoms with Crippen LogP contribution in [0.25, 0.3) is 0 Å². The standard InChI is InChI=1S/12CN.2Fe.3Pb/c12*1-2;;;;;/q12*-1;2*+3;3*+2. The van der Waals surface area contributed by atoms with Crippen molar-refractivity contribution in [1.29, 1.82) is 63.1 Å². The van der Waals surface area contributed by atoms with Crippen molar-refractivity contribution in [3.63, 3.8) is 0 Å². The Morgan fingerprint density at radius 1 is 0.172 bits per heavy atom. The first-order chi connectivity index (χ1) is 12.0. The molecule has 0 aromatic carbocycles. The minimum absolute atomic E-state index is 0. The van der Waals surface area contributed by atoms with Gasteiger partial charge in [0.05, 0.1) is 0 Å². The van der Waals surface area contributed by atoms with Gasteiger partial charge in [-0.25, -0.2) is 0 Å². The van der Waals surface area contributed by atoms with Gasteiger partial charge < -0.3 is 142 Å². The molecule has 0 N–H and O–H groups in total. The molecule has 136 valence electrons. The van der Waals surface area contributed by atoms with Crippen LogP contribution in [0, 0.1) is 142 Å². The van der Waals surface area contributed by atoms with Gasteiger partial charge in [-0.15, -0.1) is 0 Å². The van der Waals surface area contributed by atoms with Gasteiger partial charge in [0.2, 0.25) is 0 Å². The largest absolute Gasteiger partial charge is 3.00 e. The second kappa shape index (κ2) is 2920. The van der Waals surface area contributed by atoms with Crippen molar-refractivity contribution < 1.29 is 34.1 Å². The van der Waals surface area contributed by atoms with Gasteiger partial charge >= 0.3 is 116 Å². The SMILES string of the molecule is [C-]#N.[C-]#N.[C-]#N.[C-]#N.[C-]#N.[C-]#N.[C-]#N.[C-]#N.[C-]#N.[C-]#N.[C-]#N.[C-]#N.[Fe+3].[Fe+3].[Pb+2].[Pb+2].[Pb+2]. The van der Waals surface area contributed by atoms with Crippen LogP contribution in [-0.4, -0.2) is 81.9 Å². The summed E-state index contributed by atoms with van der Waals surface area (Å²) in [5.41, 5.74) is 0. The fraction of sp³-hybridized carbons (Fsp3) is 0. The fourth-order valence-corrected chi connectivity index (χ4v) is 0. The van der Waals surface area contributed by atoms with E-state index in [9.17, 15) is 0 Å². The van der Waals surface area contributed by atoms with Gasteiger partial charge in [0.15, 0.2) is 0 Å². The Kier molecular flexibility index (Phi) is 18900. The topological polar surface area (TPSA) is 285 Å². The van der Waals surface area contributed by atoms with Crippen molar-refractivity contribution in [2.24, 2.45) is 0 Å². The van der Waals surface area contributed by atoms with Crippen LogP contribution in [-0.2, 0) is 34.1 Å². The van der Waals surface area contributed by atoms with E-state index < -0.39 is 0 Å². The zero-order valence-corrected chi connectivity index (χ0v) is 27.4. The van der Waals surface area contributed by atoms with Gasteiger partial charge in [0.25, 0.3) is 0 Å². The summed E-state index contributed by atoms with van der Waals surface area (Å²) in [6.45, 7) is 57.0. The van der Waals surface area contributed by atoms with Crippen molar-refractivity contribution in [3.8, 4) is 0 Å². The van der Waals surface area contributed by atoms with Crippen molar-refractivity contribution in [1.82, 2.24) is 0 Å². The molecule has 0 heterocycles. The Bertz CT molecular complexity index is 234. The molecule has 0 rings (SSSR count). The van der Waals surface area contributed by atoms with Crippen LogP contribution < -0.4 is 0 Å². The second-order valence-corrected chi connectivity index (χ2v) is 0. The summed E-state index contributed by atoms with van der Waals surface area (Å²) in [4.78, 5) is 0. The van der Waals surface area contributed by atoms with Crippen LogP contribution in [0.2, 0.25) is 0 Å². The first-order valence-corrected chi connectivity index (χ1v) is 2.68. The van der Waals surface area contributed by atoms with Crippen LogP contribution in [0.4, 0.5) is 0 Å². The molecule has 0 aliphatic heterocycles. The maximum Gasteiger partial charge on any atom is 3.00 e. The molecule has 0 saturated carbocycles. The molecule has 0 spiro atoms. The van der Waals surface area contributed by atoms with E-state index in [1.807, 2.05) is 0 Å². The Balaban J connectivity index is -0.00000000356. The van der Waals surface area contributed by atoms with Gasteiger partial charge in [-0.1, -0.05) is 0 Å². The quantitative estimate of drug-likeness (QED) is 0.229. The second-order valence-electron chi connectivity index (χ2n) is 0. The van der Waals surface area contributed by atoms with Gasteiger partial charge in [0.1, 0.15) is 0 Å². The van der Waals surface area contributed by atoms with E-state index in [4.69, 9.17) is 142 Å². The number of hydrogen-bond acceptors (Lipinski definition) is 12. The summed E-state index contributed by atoms with van der Waals surface area (Å²) in [5, 5.41) is 75.0. The van der Waals surface area contributed by atoms with E-state index in [0.717, 1.165) is 0 Å². The number of rotatable bonds is 0. The van der Waals surface area contributed by atoms with E-state index in [2.05, 4.69) is 0 Å².